The first-order valence-electron chi connectivity index (χ1n) is 15.5. The molecule has 6 rings (SSSR count). The minimum atomic E-state index is -1.39. The molecular weight excluding hydrogens is 517 g/mol. The highest BCUT2D eigenvalue weighted by Crippen LogP contribution is 2.55. The second-order valence-electron chi connectivity index (χ2n) is 11.7. The summed E-state index contributed by atoms with van der Waals surface area (Å²) in [5.74, 6) is 3.81. The van der Waals surface area contributed by atoms with Crippen molar-refractivity contribution in [2.24, 2.45) is 0 Å². The lowest BCUT2D eigenvalue weighted by atomic mass is 9.94. The number of hydrogen-bond acceptors (Lipinski definition) is 0. The molecule has 0 N–H and O–H groups in total. The summed E-state index contributed by atoms with van der Waals surface area (Å²) in [6.07, 6.45) is 0. The number of rotatable bonds is 8. The minimum absolute atomic E-state index is 0.724. The Balaban J connectivity index is 1.52. The Hall–Kier alpha value is -2.81. The van der Waals surface area contributed by atoms with E-state index in [0.717, 1.165) is 0 Å². The summed E-state index contributed by atoms with van der Waals surface area (Å²) in [7, 11) is -2.12. The van der Waals surface area contributed by atoms with Gasteiger partial charge in [0.2, 0.25) is 0 Å². The molecule has 0 bridgehead atoms. The molecule has 2 heteroatoms. The Morgan fingerprint density at radius 3 is 1.40 bits per heavy atom. The SMILES string of the molecule is CC[Si](CC)(CC)c1ccc2cc3c(ccc4c5cc6ccc(S(CC)(CC)CC)cc6cc5ccc34)cc2c1. The average molecular weight is 561 g/mol. The van der Waals surface area contributed by atoms with Crippen LogP contribution in [0.3, 0.4) is 0 Å². The van der Waals surface area contributed by atoms with Gasteiger partial charge >= 0.3 is 0 Å². The van der Waals surface area contributed by atoms with Gasteiger partial charge in [0.1, 0.15) is 0 Å². The van der Waals surface area contributed by atoms with E-state index >= 15 is 0 Å². The van der Waals surface area contributed by atoms with Gasteiger partial charge in [0.25, 0.3) is 0 Å². The summed E-state index contributed by atoms with van der Waals surface area (Å²) in [6.45, 7) is 14.3. The molecule has 0 aliphatic carbocycles. The summed E-state index contributed by atoms with van der Waals surface area (Å²) < 4.78 is 0. The van der Waals surface area contributed by atoms with E-state index in [1.165, 1.54) is 89.3 Å². The molecule has 40 heavy (non-hydrogen) atoms. The summed E-state index contributed by atoms with van der Waals surface area (Å²) in [5, 5.41) is 15.2. The summed E-state index contributed by atoms with van der Waals surface area (Å²) in [6, 6.07) is 37.8. The van der Waals surface area contributed by atoms with Crippen LogP contribution in [0.15, 0.2) is 89.8 Å². The molecule has 0 atom stereocenters. The maximum atomic E-state index is 2.52. The number of fused-ring (bicyclic) bond motifs is 7. The van der Waals surface area contributed by atoms with E-state index in [2.05, 4.69) is 126 Å². The lowest BCUT2D eigenvalue weighted by Gasteiger charge is -2.38. The molecule has 0 unspecified atom stereocenters. The zero-order valence-corrected chi connectivity index (χ0v) is 27.1. The van der Waals surface area contributed by atoms with Crippen LogP contribution in [0.1, 0.15) is 41.5 Å². The van der Waals surface area contributed by atoms with Crippen molar-refractivity contribution in [3.05, 3.63) is 84.9 Å². The summed E-state index contributed by atoms with van der Waals surface area (Å²) in [5.41, 5.74) is 0. The molecule has 6 aromatic rings. The van der Waals surface area contributed by atoms with E-state index in [-0.39, 0.29) is 0 Å². The Bertz CT molecular complexity index is 1720. The average Bonchev–Trinajstić information content (AvgIpc) is 3.01. The standard InChI is InChI=1S/C38H44SSi/c1-7-39(8-2,9-3)33-17-13-27-25-37-29(21-31(27)23-33)15-19-36-35(37)20-16-30-22-32-24-34(40(10-4,11-5)12-6)18-14-28(32)26-38(30)36/h13-26H,7-12H2,1-6H3. The van der Waals surface area contributed by atoms with Gasteiger partial charge in [-0.1, -0.05) is 113 Å². The van der Waals surface area contributed by atoms with Gasteiger partial charge in [-0.2, -0.15) is 0 Å². The van der Waals surface area contributed by atoms with E-state index in [1.54, 1.807) is 10.1 Å². The van der Waals surface area contributed by atoms with Gasteiger partial charge in [0.05, 0.1) is 8.07 Å². The normalized spacial score (nSPS) is 13.2. The van der Waals surface area contributed by atoms with Crippen molar-refractivity contribution in [1.29, 1.82) is 0 Å². The summed E-state index contributed by atoms with van der Waals surface area (Å²) in [4.78, 5) is 1.57. The third-order valence-corrected chi connectivity index (χ3v) is 20.7. The van der Waals surface area contributed by atoms with E-state index in [0.29, 0.717) is 0 Å². The van der Waals surface area contributed by atoms with Crippen LogP contribution in [0.4, 0.5) is 0 Å². The predicted molar refractivity (Wildman–Crippen MR) is 188 cm³/mol. The van der Waals surface area contributed by atoms with Crippen molar-refractivity contribution in [2.45, 2.75) is 64.6 Å². The molecule has 0 aliphatic rings. The molecule has 0 saturated carbocycles. The first-order chi connectivity index (χ1) is 19.4. The third kappa shape index (κ3) is 4.18. The van der Waals surface area contributed by atoms with Gasteiger partial charge in [0, 0.05) is 0 Å². The molecule has 0 fully saturated rings. The quantitative estimate of drug-likeness (QED) is 0.0986. The number of hydrogen-bond donors (Lipinski definition) is 0. The number of benzene rings is 6. The Morgan fingerprint density at radius 1 is 0.425 bits per heavy atom. The van der Waals surface area contributed by atoms with Crippen molar-refractivity contribution in [1.82, 2.24) is 0 Å². The molecule has 0 spiro atoms. The van der Waals surface area contributed by atoms with Crippen LogP contribution < -0.4 is 5.19 Å². The predicted octanol–water partition coefficient (Wildman–Crippen LogP) is 11.4. The van der Waals surface area contributed by atoms with Gasteiger partial charge in [-0.05, 0) is 112 Å². The Labute approximate surface area is 243 Å². The van der Waals surface area contributed by atoms with Crippen molar-refractivity contribution in [3.8, 4) is 0 Å². The highest BCUT2D eigenvalue weighted by molar-refractivity contribution is 8.33. The fraction of sp³-hybridized carbons (Fsp3) is 0.316. The smallest absolute Gasteiger partial charge is 0.0859 e. The highest BCUT2D eigenvalue weighted by Gasteiger charge is 2.29. The van der Waals surface area contributed by atoms with E-state index in [4.69, 9.17) is 0 Å². The maximum Gasteiger partial charge on any atom is 0.0859 e. The van der Waals surface area contributed by atoms with Crippen LogP contribution in [0.25, 0.3) is 53.9 Å². The first-order valence-corrected chi connectivity index (χ1v) is 20.2. The second kappa shape index (κ2) is 10.5. The zero-order valence-electron chi connectivity index (χ0n) is 25.2. The van der Waals surface area contributed by atoms with Crippen molar-refractivity contribution >= 4 is 77.2 Å². The van der Waals surface area contributed by atoms with Crippen LogP contribution in [-0.4, -0.2) is 25.3 Å². The highest BCUT2D eigenvalue weighted by atomic mass is 32.3. The topological polar surface area (TPSA) is 0 Å². The molecule has 0 aromatic heterocycles. The van der Waals surface area contributed by atoms with Crippen LogP contribution in [0, 0.1) is 0 Å². The zero-order chi connectivity index (χ0) is 28.1. The first kappa shape index (κ1) is 27.4. The Kier molecular flexibility index (Phi) is 7.21. The molecule has 0 amide bonds. The molecule has 0 radical (unpaired) electrons. The monoisotopic (exact) mass is 560 g/mol. The van der Waals surface area contributed by atoms with Crippen LogP contribution >= 0.6 is 10.0 Å². The third-order valence-electron chi connectivity index (χ3n) is 10.5. The van der Waals surface area contributed by atoms with Crippen molar-refractivity contribution in [3.63, 3.8) is 0 Å². The van der Waals surface area contributed by atoms with Crippen LogP contribution in [0.2, 0.25) is 18.1 Å². The largest absolute Gasteiger partial charge is 0.215 e. The molecule has 0 aliphatic heterocycles. The second-order valence-corrected chi connectivity index (χ2v) is 21.2. The molecule has 0 heterocycles. The lowest BCUT2D eigenvalue weighted by molar-refractivity contribution is 1.20. The molecule has 0 nitrogen and oxygen atoms in total. The Morgan fingerprint density at radius 2 is 0.900 bits per heavy atom. The van der Waals surface area contributed by atoms with Crippen molar-refractivity contribution in [2.75, 3.05) is 17.3 Å². The van der Waals surface area contributed by atoms with Gasteiger partial charge in [-0.3, -0.25) is 0 Å². The van der Waals surface area contributed by atoms with Crippen LogP contribution in [0.5, 0.6) is 0 Å². The van der Waals surface area contributed by atoms with E-state index in [1.807, 2.05) is 0 Å². The van der Waals surface area contributed by atoms with Gasteiger partial charge in [0.15, 0.2) is 0 Å². The maximum absolute atomic E-state index is 2.52. The van der Waals surface area contributed by atoms with Crippen molar-refractivity contribution < 1.29 is 0 Å². The van der Waals surface area contributed by atoms with Gasteiger partial charge in [-0.15, -0.1) is 0 Å². The molecule has 0 saturated heterocycles. The van der Waals surface area contributed by atoms with Gasteiger partial charge in [-0.25, -0.2) is 10.0 Å². The fourth-order valence-corrected chi connectivity index (χ4v) is 14.0. The van der Waals surface area contributed by atoms with Crippen LogP contribution in [-0.2, 0) is 0 Å². The molecular formula is C38H44SSi. The fourth-order valence-electron chi connectivity index (χ4n) is 7.42. The minimum Gasteiger partial charge on any atom is -0.215 e. The van der Waals surface area contributed by atoms with E-state index < -0.39 is 18.1 Å². The lowest BCUT2D eigenvalue weighted by Crippen LogP contribution is -2.45. The molecule has 6 aromatic carbocycles. The van der Waals surface area contributed by atoms with Gasteiger partial charge < -0.3 is 0 Å². The molecule has 206 valence electrons. The summed E-state index contributed by atoms with van der Waals surface area (Å²) >= 11 is 0. The van der Waals surface area contributed by atoms with E-state index in [9.17, 15) is 0 Å².